The molecule has 0 saturated heterocycles. The summed E-state index contributed by atoms with van der Waals surface area (Å²) in [4.78, 5) is 0. The Morgan fingerprint density at radius 3 is 2.58 bits per heavy atom. The molecule has 1 unspecified atom stereocenters. The molecule has 0 aliphatic heterocycles. The molecule has 19 heavy (non-hydrogen) atoms. The van der Waals surface area contributed by atoms with Gasteiger partial charge in [-0.1, -0.05) is 31.0 Å². The first kappa shape index (κ1) is 13.8. The van der Waals surface area contributed by atoms with Gasteiger partial charge in [-0.15, -0.1) is 0 Å². The zero-order valence-electron chi connectivity index (χ0n) is 10.5. The third-order valence-corrected chi connectivity index (χ3v) is 3.33. The molecular weight excluding hydrogens is 250 g/mol. The van der Waals surface area contributed by atoms with E-state index in [4.69, 9.17) is 0 Å². The minimum atomic E-state index is -2.88. The minimum absolute atomic E-state index is 0.0644. The summed E-state index contributed by atoms with van der Waals surface area (Å²) < 4.78 is 29.2. The molecule has 0 bridgehead atoms. The van der Waals surface area contributed by atoms with Crippen LogP contribution in [-0.2, 0) is 0 Å². The summed E-state index contributed by atoms with van der Waals surface area (Å²) in [7, 11) is 0. The van der Waals surface area contributed by atoms with E-state index in [9.17, 15) is 14.0 Å². The molecule has 1 aromatic carbocycles. The Hall–Kier alpha value is -1.67. The van der Waals surface area contributed by atoms with Gasteiger partial charge in [0.1, 0.15) is 11.8 Å². The zero-order chi connectivity index (χ0) is 13.7. The summed E-state index contributed by atoms with van der Waals surface area (Å²) in [5, 5.41) is 12.5. The zero-order valence-corrected chi connectivity index (χ0v) is 10.5. The van der Waals surface area contributed by atoms with Crippen LogP contribution in [-0.4, -0.2) is 12.7 Å². The summed E-state index contributed by atoms with van der Waals surface area (Å²) in [6, 6.07) is 8.23. The first-order valence-corrected chi connectivity index (χ1v) is 6.40. The summed E-state index contributed by atoms with van der Waals surface area (Å²) in [5.74, 6) is 0.0644. The monoisotopic (exact) mass is 266 g/mol. The topological polar surface area (TPSA) is 45.0 Å². The Balaban J connectivity index is 2.15. The second-order valence-electron chi connectivity index (χ2n) is 4.63. The van der Waals surface area contributed by atoms with Crippen molar-refractivity contribution in [3.05, 3.63) is 29.8 Å². The molecule has 1 fully saturated rings. The molecule has 1 atom stereocenters. The van der Waals surface area contributed by atoms with Crippen molar-refractivity contribution in [1.29, 1.82) is 5.26 Å². The van der Waals surface area contributed by atoms with Gasteiger partial charge in [0.25, 0.3) is 0 Å². The van der Waals surface area contributed by atoms with Crippen LogP contribution in [0.15, 0.2) is 24.3 Å². The summed E-state index contributed by atoms with van der Waals surface area (Å²) >= 11 is 0. The number of rotatable bonds is 5. The van der Waals surface area contributed by atoms with E-state index in [-0.39, 0.29) is 11.8 Å². The Morgan fingerprint density at radius 1 is 1.26 bits per heavy atom. The van der Waals surface area contributed by atoms with Crippen LogP contribution in [0.2, 0.25) is 0 Å². The number of benzene rings is 1. The molecule has 1 aromatic rings. The molecule has 102 valence electrons. The fraction of sp³-hybridized carbons (Fsp3) is 0.500. The summed E-state index contributed by atoms with van der Waals surface area (Å²) in [6.07, 6.45) is 4.34. The van der Waals surface area contributed by atoms with Crippen LogP contribution in [0.25, 0.3) is 0 Å². The molecule has 1 saturated carbocycles. The van der Waals surface area contributed by atoms with Gasteiger partial charge in [0.2, 0.25) is 0 Å². The van der Waals surface area contributed by atoms with Crippen LogP contribution >= 0.6 is 0 Å². The van der Waals surface area contributed by atoms with Gasteiger partial charge >= 0.3 is 6.61 Å². The number of para-hydroxylation sites is 1. The molecule has 5 heteroatoms. The first-order valence-electron chi connectivity index (χ1n) is 6.40. The van der Waals surface area contributed by atoms with Crippen LogP contribution in [0.3, 0.4) is 0 Å². The van der Waals surface area contributed by atoms with Crippen LogP contribution in [0.4, 0.5) is 8.78 Å². The Kier molecular flexibility index (Phi) is 4.69. The van der Waals surface area contributed by atoms with Gasteiger partial charge in [-0.3, -0.25) is 5.32 Å². The van der Waals surface area contributed by atoms with Gasteiger partial charge in [-0.2, -0.15) is 14.0 Å². The molecule has 0 amide bonds. The normalized spacial score (nSPS) is 17.4. The van der Waals surface area contributed by atoms with Crippen molar-refractivity contribution in [2.75, 3.05) is 0 Å². The van der Waals surface area contributed by atoms with E-state index >= 15 is 0 Å². The van der Waals surface area contributed by atoms with Gasteiger partial charge in [-0.25, -0.2) is 0 Å². The van der Waals surface area contributed by atoms with E-state index in [0.29, 0.717) is 5.56 Å². The quantitative estimate of drug-likeness (QED) is 0.888. The molecule has 0 radical (unpaired) electrons. The Bertz CT molecular complexity index is 453. The fourth-order valence-corrected chi connectivity index (χ4v) is 2.45. The molecular formula is C14H16F2N2O. The molecule has 3 nitrogen and oxygen atoms in total. The van der Waals surface area contributed by atoms with Gasteiger partial charge in [0, 0.05) is 11.6 Å². The van der Waals surface area contributed by atoms with Crippen molar-refractivity contribution in [1.82, 2.24) is 5.32 Å². The highest BCUT2D eigenvalue weighted by Crippen LogP contribution is 2.28. The van der Waals surface area contributed by atoms with Crippen LogP contribution in [0.5, 0.6) is 5.75 Å². The lowest BCUT2D eigenvalue weighted by molar-refractivity contribution is -0.0506. The van der Waals surface area contributed by atoms with Crippen molar-refractivity contribution in [2.45, 2.75) is 44.4 Å². The number of nitriles is 1. The van der Waals surface area contributed by atoms with Gasteiger partial charge in [-0.05, 0) is 18.9 Å². The predicted molar refractivity (Wildman–Crippen MR) is 66.8 cm³/mol. The van der Waals surface area contributed by atoms with Crippen LogP contribution in [0.1, 0.15) is 37.3 Å². The van der Waals surface area contributed by atoms with Crippen molar-refractivity contribution in [2.24, 2.45) is 0 Å². The molecule has 0 aromatic heterocycles. The highest BCUT2D eigenvalue weighted by atomic mass is 19.3. The summed E-state index contributed by atoms with van der Waals surface area (Å²) in [5.41, 5.74) is 0.470. The standard InChI is InChI=1S/C14H16F2N2O/c15-14(16)19-13-8-4-3-7-11(13)12(9-17)18-10-5-1-2-6-10/h3-4,7-8,10,12,14,18H,1-2,5-6H2. The SMILES string of the molecule is N#CC(NC1CCCC1)c1ccccc1OC(F)F. The van der Waals surface area contributed by atoms with Crippen LogP contribution in [0, 0.1) is 11.3 Å². The maximum absolute atomic E-state index is 12.3. The first-order chi connectivity index (χ1) is 9.20. The van der Waals surface area contributed by atoms with E-state index in [1.807, 2.05) is 0 Å². The van der Waals surface area contributed by atoms with Crippen molar-refractivity contribution >= 4 is 0 Å². The molecule has 0 heterocycles. The van der Waals surface area contributed by atoms with Gasteiger partial charge in [0.15, 0.2) is 0 Å². The number of ether oxygens (including phenoxy) is 1. The van der Waals surface area contributed by atoms with Crippen molar-refractivity contribution < 1.29 is 13.5 Å². The third-order valence-electron chi connectivity index (χ3n) is 3.33. The number of alkyl halides is 2. The largest absolute Gasteiger partial charge is 0.434 e. The second kappa shape index (κ2) is 6.48. The maximum Gasteiger partial charge on any atom is 0.387 e. The van der Waals surface area contributed by atoms with E-state index in [1.54, 1.807) is 18.2 Å². The number of hydrogen-bond acceptors (Lipinski definition) is 3. The fourth-order valence-electron chi connectivity index (χ4n) is 2.45. The van der Waals surface area contributed by atoms with Gasteiger partial charge < -0.3 is 4.74 Å². The minimum Gasteiger partial charge on any atom is -0.434 e. The van der Waals surface area contributed by atoms with E-state index in [0.717, 1.165) is 25.7 Å². The third kappa shape index (κ3) is 3.65. The highest BCUT2D eigenvalue weighted by Gasteiger charge is 2.23. The Morgan fingerprint density at radius 2 is 1.95 bits per heavy atom. The number of halogens is 2. The summed E-state index contributed by atoms with van der Waals surface area (Å²) in [6.45, 7) is -2.88. The molecule has 1 aliphatic carbocycles. The predicted octanol–water partition coefficient (Wildman–Crippen LogP) is 3.38. The maximum atomic E-state index is 12.3. The smallest absolute Gasteiger partial charge is 0.387 e. The van der Waals surface area contributed by atoms with Crippen molar-refractivity contribution in [3.8, 4) is 11.8 Å². The lowest BCUT2D eigenvalue weighted by Crippen LogP contribution is -2.30. The number of nitrogens with zero attached hydrogens (tertiary/aromatic N) is 1. The van der Waals surface area contributed by atoms with E-state index < -0.39 is 12.7 Å². The van der Waals surface area contributed by atoms with E-state index in [1.165, 1.54) is 6.07 Å². The molecule has 2 rings (SSSR count). The second-order valence-corrected chi connectivity index (χ2v) is 4.63. The Labute approximate surface area is 111 Å². The lowest BCUT2D eigenvalue weighted by atomic mass is 10.1. The molecule has 1 aliphatic rings. The average Bonchev–Trinajstić information content (AvgIpc) is 2.89. The highest BCUT2D eigenvalue weighted by molar-refractivity contribution is 5.38. The number of nitrogens with one attached hydrogen (secondary N) is 1. The molecule has 1 N–H and O–H groups in total. The van der Waals surface area contributed by atoms with Gasteiger partial charge in [0.05, 0.1) is 6.07 Å². The molecule has 0 spiro atoms. The van der Waals surface area contributed by atoms with E-state index in [2.05, 4.69) is 16.1 Å². The van der Waals surface area contributed by atoms with Crippen LogP contribution < -0.4 is 10.1 Å². The lowest BCUT2D eigenvalue weighted by Gasteiger charge is -2.19. The van der Waals surface area contributed by atoms with Crippen molar-refractivity contribution in [3.63, 3.8) is 0 Å². The number of hydrogen-bond donors (Lipinski definition) is 1. The average molecular weight is 266 g/mol.